The maximum absolute atomic E-state index is 13.0. The fourth-order valence-electron chi connectivity index (χ4n) is 3.85. The van der Waals surface area contributed by atoms with Crippen LogP contribution in [0.4, 0.5) is 11.4 Å². The van der Waals surface area contributed by atoms with Crippen molar-refractivity contribution in [3.8, 4) is 5.75 Å². The Morgan fingerprint density at radius 3 is 2.03 bits per heavy atom. The second-order valence-corrected chi connectivity index (χ2v) is 9.58. The molecule has 2 N–H and O–H groups in total. The monoisotopic (exact) mass is 490 g/mol. The summed E-state index contributed by atoms with van der Waals surface area (Å²) in [6.07, 6.45) is 0.438. The van der Waals surface area contributed by atoms with Crippen LogP contribution in [0, 0.1) is 0 Å². The Bertz CT molecular complexity index is 1420. The lowest BCUT2D eigenvalue weighted by atomic mass is 10.0. The molecule has 1 atom stereocenters. The van der Waals surface area contributed by atoms with Crippen molar-refractivity contribution >= 4 is 38.1 Å². The van der Waals surface area contributed by atoms with Gasteiger partial charge in [-0.3, -0.25) is 4.72 Å². The van der Waals surface area contributed by atoms with Gasteiger partial charge in [0.15, 0.2) is 0 Å². The van der Waals surface area contributed by atoms with E-state index in [1.165, 1.54) is 26.4 Å². The first-order chi connectivity index (χ1) is 16.9. The standard InChI is InChI=1S/C27H26N2O5S/c1-33-20-12-14-21(15-13-20)35(31,32)29-25-17-16-24(22-10-6-7-11-23(22)25)28-26(27(30)34-2)18-19-8-4-3-5-9-19/h3-17,26,28-29H,18H2,1-2H3/t26-/m0/s1. The smallest absolute Gasteiger partial charge is 0.328 e. The molecule has 0 aliphatic carbocycles. The zero-order valence-electron chi connectivity index (χ0n) is 19.4. The molecule has 7 nitrogen and oxygen atoms in total. The van der Waals surface area contributed by atoms with Crippen LogP contribution in [0.1, 0.15) is 5.56 Å². The van der Waals surface area contributed by atoms with Gasteiger partial charge in [0.1, 0.15) is 11.8 Å². The molecule has 0 saturated carbocycles. The number of anilines is 2. The van der Waals surface area contributed by atoms with E-state index in [-0.39, 0.29) is 10.9 Å². The predicted octanol–water partition coefficient (Wildman–Crippen LogP) is 4.85. The summed E-state index contributed by atoms with van der Waals surface area (Å²) in [5.41, 5.74) is 2.11. The van der Waals surface area contributed by atoms with Crippen molar-refractivity contribution < 1.29 is 22.7 Å². The fourth-order valence-corrected chi connectivity index (χ4v) is 4.93. The highest BCUT2D eigenvalue weighted by Crippen LogP contribution is 2.32. The Morgan fingerprint density at radius 1 is 0.800 bits per heavy atom. The van der Waals surface area contributed by atoms with Crippen molar-refractivity contribution in [3.05, 3.63) is 96.6 Å². The Labute approximate surface area is 204 Å². The molecule has 0 bridgehead atoms. The topological polar surface area (TPSA) is 93.7 Å². The highest BCUT2D eigenvalue weighted by Gasteiger charge is 2.22. The van der Waals surface area contributed by atoms with E-state index in [0.717, 1.165) is 10.9 Å². The molecule has 180 valence electrons. The molecule has 0 amide bonds. The van der Waals surface area contributed by atoms with E-state index in [9.17, 15) is 13.2 Å². The quantitative estimate of drug-likeness (QED) is 0.326. The van der Waals surface area contributed by atoms with Gasteiger partial charge in [-0.15, -0.1) is 0 Å². The lowest BCUT2D eigenvalue weighted by molar-refractivity contribution is -0.141. The first-order valence-corrected chi connectivity index (χ1v) is 12.5. The van der Waals surface area contributed by atoms with Gasteiger partial charge in [-0.1, -0.05) is 54.6 Å². The minimum atomic E-state index is -3.82. The number of rotatable bonds is 9. The van der Waals surface area contributed by atoms with E-state index in [4.69, 9.17) is 9.47 Å². The highest BCUT2D eigenvalue weighted by atomic mass is 32.2. The van der Waals surface area contributed by atoms with Crippen LogP contribution in [0.3, 0.4) is 0 Å². The summed E-state index contributed by atoms with van der Waals surface area (Å²) in [7, 11) is -0.944. The number of esters is 1. The van der Waals surface area contributed by atoms with E-state index in [1.54, 1.807) is 24.3 Å². The largest absolute Gasteiger partial charge is 0.497 e. The zero-order valence-corrected chi connectivity index (χ0v) is 20.2. The van der Waals surface area contributed by atoms with Crippen LogP contribution in [-0.2, 0) is 26.0 Å². The number of fused-ring (bicyclic) bond motifs is 1. The van der Waals surface area contributed by atoms with E-state index < -0.39 is 16.1 Å². The molecular formula is C27H26N2O5S. The van der Waals surface area contributed by atoms with Crippen molar-refractivity contribution in [2.75, 3.05) is 24.3 Å². The molecule has 0 aliphatic heterocycles. The summed E-state index contributed by atoms with van der Waals surface area (Å²) in [4.78, 5) is 12.7. The molecule has 8 heteroatoms. The third kappa shape index (κ3) is 5.55. The summed E-state index contributed by atoms with van der Waals surface area (Å²) in [5.74, 6) is 0.183. The van der Waals surface area contributed by atoms with Crippen LogP contribution in [0.15, 0.2) is 95.9 Å². The van der Waals surface area contributed by atoms with Crippen molar-refractivity contribution in [3.63, 3.8) is 0 Å². The molecule has 4 aromatic carbocycles. The van der Waals surface area contributed by atoms with E-state index in [0.29, 0.717) is 28.9 Å². The second kappa shape index (κ2) is 10.5. The first-order valence-electron chi connectivity index (χ1n) is 11.0. The van der Waals surface area contributed by atoms with Crippen molar-refractivity contribution in [2.45, 2.75) is 17.4 Å². The van der Waals surface area contributed by atoms with Gasteiger partial charge in [0, 0.05) is 22.9 Å². The summed E-state index contributed by atoms with van der Waals surface area (Å²) >= 11 is 0. The third-order valence-electron chi connectivity index (χ3n) is 5.64. The van der Waals surface area contributed by atoms with E-state index in [1.807, 2.05) is 54.6 Å². The number of carbonyl (C=O) groups excluding carboxylic acids is 1. The normalized spacial score (nSPS) is 12.1. The summed E-state index contributed by atoms with van der Waals surface area (Å²) in [6, 6.07) is 26.1. The molecule has 0 unspecified atom stereocenters. The van der Waals surface area contributed by atoms with Crippen LogP contribution in [0.5, 0.6) is 5.75 Å². The lowest BCUT2D eigenvalue weighted by Crippen LogP contribution is -2.33. The van der Waals surface area contributed by atoms with Gasteiger partial charge in [0.25, 0.3) is 10.0 Å². The molecule has 0 aromatic heterocycles. The molecule has 4 aromatic rings. The number of ether oxygens (including phenoxy) is 2. The Hall–Kier alpha value is -4.04. The van der Waals surface area contributed by atoms with Crippen LogP contribution >= 0.6 is 0 Å². The second-order valence-electron chi connectivity index (χ2n) is 7.90. The minimum absolute atomic E-state index is 0.123. The van der Waals surface area contributed by atoms with Crippen LogP contribution < -0.4 is 14.8 Å². The Morgan fingerprint density at radius 2 is 1.40 bits per heavy atom. The van der Waals surface area contributed by atoms with Crippen LogP contribution in [0.2, 0.25) is 0 Å². The Kier molecular flexibility index (Phi) is 7.22. The van der Waals surface area contributed by atoms with Crippen LogP contribution in [-0.4, -0.2) is 34.6 Å². The number of methoxy groups -OCH3 is 2. The van der Waals surface area contributed by atoms with Gasteiger partial charge in [0.05, 0.1) is 24.8 Å². The molecule has 0 saturated heterocycles. The van der Waals surface area contributed by atoms with E-state index >= 15 is 0 Å². The summed E-state index contributed by atoms with van der Waals surface area (Å²) in [5, 5.41) is 4.75. The van der Waals surface area contributed by atoms with Crippen molar-refractivity contribution in [1.29, 1.82) is 0 Å². The Balaban J connectivity index is 1.65. The molecule has 0 spiro atoms. The number of carbonyl (C=O) groups is 1. The maximum atomic E-state index is 13.0. The summed E-state index contributed by atoms with van der Waals surface area (Å²) in [6.45, 7) is 0. The van der Waals surface area contributed by atoms with Crippen LogP contribution in [0.25, 0.3) is 10.8 Å². The number of nitrogens with one attached hydrogen (secondary N) is 2. The van der Waals surface area contributed by atoms with Gasteiger partial charge in [-0.25, -0.2) is 13.2 Å². The van der Waals surface area contributed by atoms with Gasteiger partial charge in [-0.2, -0.15) is 0 Å². The highest BCUT2D eigenvalue weighted by molar-refractivity contribution is 7.92. The molecule has 0 aliphatic rings. The van der Waals surface area contributed by atoms with Gasteiger partial charge in [-0.05, 0) is 42.0 Å². The molecule has 0 radical (unpaired) electrons. The lowest BCUT2D eigenvalue weighted by Gasteiger charge is -2.20. The van der Waals surface area contributed by atoms with Crippen molar-refractivity contribution in [1.82, 2.24) is 0 Å². The SMILES string of the molecule is COC(=O)[C@H](Cc1ccccc1)Nc1ccc(NS(=O)(=O)c2ccc(OC)cc2)c2ccccc12. The maximum Gasteiger partial charge on any atom is 0.328 e. The number of hydrogen-bond donors (Lipinski definition) is 2. The predicted molar refractivity (Wildman–Crippen MR) is 137 cm³/mol. The average Bonchev–Trinajstić information content (AvgIpc) is 2.89. The van der Waals surface area contributed by atoms with Gasteiger partial charge in [0.2, 0.25) is 0 Å². The van der Waals surface area contributed by atoms with Gasteiger partial charge < -0.3 is 14.8 Å². The number of sulfonamides is 1. The van der Waals surface area contributed by atoms with Gasteiger partial charge >= 0.3 is 5.97 Å². The number of hydrogen-bond acceptors (Lipinski definition) is 6. The number of benzene rings is 4. The molecule has 0 heterocycles. The molecule has 35 heavy (non-hydrogen) atoms. The average molecular weight is 491 g/mol. The van der Waals surface area contributed by atoms with Crippen molar-refractivity contribution in [2.24, 2.45) is 0 Å². The fraction of sp³-hybridized carbons (Fsp3) is 0.148. The first kappa shape index (κ1) is 24.1. The molecule has 4 rings (SSSR count). The zero-order chi connectivity index (χ0) is 24.8. The molecule has 0 fully saturated rings. The summed E-state index contributed by atoms with van der Waals surface area (Å²) < 4.78 is 38.8. The minimum Gasteiger partial charge on any atom is -0.497 e. The van der Waals surface area contributed by atoms with E-state index in [2.05, 4.69) is 10.0 Å². The molecular weight excluding hydrogens is 464 g/mol. The third-order valence-corrected chi connectivity index (χ3v) is 7.02.